The number of ether oxygens (including phenoxy) is 2. The van der Waals surface area contributed by atoms with Gasteiger partial charge in [-0.05, 0) is 69.2 Å². The number of hydroxylamine groups is 2. The summed E-state index contributed by atoms with van der Waals surface area (Å²) in [6.07, 6.45) is 0. The molecule has 13 nitrogen and oxygen atoms in total. The van der Waals surface area contributed by atoms with Gasteiger partial charge in [0.15, 0.2) is 0 Å². The van der Waals surface area contributed by atoms with Crippen LogP contribution < -0.4 is 14.2 Å². The van der Waals surface area contributed by atoms with Crippen molar-refractivity contribution in [2.45, 2.75) is 50.2 Å². The molecule has 2 atom stereocenters. The molecule has 2 aliphatic heterocycles. The number of sulfonamides is 1. The Bertz CT molecular complexity index is 1930. The predicted octanol–water partition coefficient (Wildman–Crippen LogP) is 5.78. The molecular weight excluding hydrogens is 743 g/mol. The number of amidine groups is 1. The van der Waals surface area contributed by atoms with E-state index in [2.05, 4.69) is 4.72 Å². The average molecular weight is 790 g/mol. The van der Waals surface area contributed by atoms with Gasteiger partial charge in [0.1, 0.15) is 28.3 Å². The summed E-state index contributed by atoms with van der Waals surface area (Å²) >= 11 is 12.6. The molecule has 286 valence electrons. The van der Waals surface area contributed by atoms with Crippen LogP contribution in [0.15, 0.2) is 70.6 Å². The van der Waals surface area contributed by atoms with Crippen LogP contribution in [0.3, 0.4) is 0 Å². The quantitative estimate of drug-likeness (QED) is 0.242. The Balaban J connectivity index is 1.68. The van der Waals surface area contributed by atoms with Crippen LogP contribution in [0.25, 0.3) is 0 Å². The van der Waals surface area contributed by atoms with Crippen LogP contribution in [0, 0.1) is 0 Å². The van der Waals surface area contributed by atoms with E-state index in [9.17, 15) is 13.2 Å². The van der Waals surface area contributed by atoms with Gasteiger partial charge in [0.25, 0.3) is 5.91 Å². The number of carbonyl (C=O) groups excluding carboxylic acids is 2. The fourth-order valence-corrected chi connectivity index (χ4v) is 8.16. The number of carbonyl (C=O) groups is 2. The van der Waals surface area contributed by atoms with E-state index < -0.39 is 27.6 Å². The summed E-state index contributed by atoms with van der Waals surface area (Å²) in [5, 5.41) is 2.23. The number of benzene rings is 3. The number of nitrogens with one attached hydrogen (secondary N) is 1. The van der Waals surface area contributed by atoms with E-state index in [1.165, 1.54) is 31.4 Å². The molecule has 1 fully saturated rings. The molecule has 0 bridgehead atoms. The zero-order chi connectivity index (χ0) is 38.7. The molecule has 0 aliphatic carbocycles. The second-order valence-corrected chi connectivity index (χ2v) is 16.2. The first-order valence-corrected chi connectivity index (χ1v) is 19.4. The van der Waals surface area contributed by atoms with Crippen molar-refractivity contribution in [2.24, 2.45) is 4.99 Å². The molecule has 3 aromatic carbocycles. The van der Waals surface area contributed by atoms with Gasteiger partial charge < -0.3 is 14.4 Å². The van der Waals surface area contributed by atoms with Crippen molar-refractivity contribution < 1.29 is 32.3 Å². The standard InChI is InChI=1S/C37H46Cl2N6O7S/c1-8-52-29-22-30(50-6)31(53(48,49)41-37(2,3)4)21-28(29)35-40-33(24-9-13-26(38)14-10-24)34(25-11-15-27(39)16-12-25)45(35)36(47)44-19-17-43(18-20-44)23-32(46)42(5)51-7/h9-16,21-22,33-34,41H,8,17-20,23H2,1-7H3. The SMILES string of the molecule is CCOc1cc(OC)c(S(=O)(=O)NC(C)(C)C)cc1C1=NC(c2ccc(Cl)cc2)C(c2ccc(Cl)cc2)N1C(=O)N1CCN(CC(=O)N(C)OC)CC1. The number of urea groups is 1. The number of amides is 3. The summed E-state index contributed by atoms with van der Waals surface area (Å²) < 4.78 is 42.2. The predicted molar refractivity (Wildman–Crippen MR) is 204 cm³/mol. The van der Waals surface area contributed by atoms with Gasteiger partial charge in [0.05, 0.1) is 39.0 Å². The van der Waals surface area contributed by atoms with Gasteiger partial charge in [-0.3, -0.25) is 24.4 Å². The Morgan fingerprint density at radius 1 is 0.925 bits per heavy atom. The third-order valence-electron chi connectivity index (χ3n) is 8.86. The van der Waals surface area contributed by atoms with Crippen molar-refractivity contribution in [2.75, 3.05) is 60.6 Å². The van der Waals surface area contributed by atoms with E-state index in [0.29, 0.717) is 36.2 Å². The number of halogens is 2. The van der Waals surface area contributed by atoms with E-state index >= 15 is 4.79 Å². The minimum Gasteiger partial charge on any atom is -0.495 e. The highest BCUT2D eigenvalue weighted by Crippen LogP contribution is 2.46. The van der Waals surface area contributed by atoms with E-state index in [1.54, 1.807) is 61.9 Å². The van der Waals surface area contributed by atoms with Gasteiger partial charge in [-0.1, -0.05) is 47.5 Å². The number of nitrogens with zero attached hydrogens (tertiary/aromatic N) is 5. The molecule has 1 N–H and O–H groups in total. The van der Waals surface area contributed by atoms with E-state index in [-0.39, 0.29) is 52.9 Å². The first-order chi connectivity index (χ1) is 25.1. The second kappa shape index (κ2) is 16.6. The van der Waals surface area contributed by atoms with Crippen LogP contribution in [-0.2, 0) is 19.7 Å². The Kier molecular flexibility index (Phi) is 12.6. The van der Waals surface area contributed by atoms with Gasteiger partial charge in [-0.25, -0.2) is 23.0 Å². The minimum absolute atomic E-state index is 0.0683. The summed E-state index contributed by atoms with van der Waals surface area (Å²) in [7, 11) is 0.224. The van der Waals surface area contributed by atoms with Crippen LogP contribution in [0.2, 0.25) is 10.0 Å². The highest BCUT2D eigenvalue weighted by molar-refractivity contribution is 7.89. The monoisotopic (exact) mass is 788 g/mol. The molecule has 3 amide bonds. The van der Waals surface area contributed by atoms with Gasteiger partial charge in [-0.2, -0.15) is 0 Å². The van der Waals surface area contributed by atoms with Crippen molar-refractivity contribution in [1.82, 2.24) is 24.5 Å². The molecule has 0 saturated carbocycles. The van der Waals surface area contributed by atoms with E-state index in [0.717, 1.165) is 11.1 Å². The van der Waals surface area contributed by atoms with Crippen molar-refractivity contribution in [3.05, 3.63) is 87.4 Å². The van der Waals surface area contributed by atoms with Gasteiger partial charge >= 0.3 is 6.03 Å². The number of aliphatic imine (C=N–C) groups is 1. The molecule has 2 heterocycles. The molecule has 0 spiro atoms. The number of piperazine rings is 1. The first-order valence-electron chi connectivity index (χ1n) is 17.2. The van der Waals surface area contributed by atoms with Crippen LogP contribution in [-0.4, -0.2) is 112 Å². The van der Waals surface area contributed by atoms with Crippen molar-refractivity contribution in [1.29, 1.82) is 0 Å². The largest absolute Gasteiger partial charge is 0.495 e. The van der Waals surface area contributed by atoms with Crippen LogP contribution in [0.4, 0.5) is 4.79 Å². The molecule has 16 heteroatoms. The zero-order valence-electron chi connectivity index (χ0n) is 30.9. The van der Waals surface area contributed by atoms with E-state index in [1.807, 2.05) is 36.1 Å². The van der Waals surface area contributed by atoms with Crippen LogP contribution >= 0.6 is 23.2 Å². The van der Waals surface area contributed by atoms with Gasteiger partial charge in [-0.15, -0.1) is 0 Å². The highest BCUT2D eigenvalue weighted by atomic mass is 35.5. The lowest BCUT2D eigenvalue weighted by Gasteiger charge is -2.39. The van der Waals surface area contributed by atoms with Crippen molar-refractivity contribution >= 4 is 51.0 Å². The number of methoxy groups -OCH3 is 1. The fourth-order valence-electron chi connectivity index (χ4n) is 6.32. The molecule has 1 saturated heterocycles. The first kappa shape index (κ1) is 40.3. The maximum absolute atomic E-state index is 15.0. The second-order valence-electron chi connectivity index (χ2n) is 13.7. The highest BCUT2D eigenvalue weighted by Gasteiger charge is 2.45. The molecule has 3 aromatic rings. The van der Waals surface area contributed by atoms with Crippen molar-refractivity contribution in [3.8, 4) is 11.5 Å². The lowest BCUT2D eigenvalue weighted by Crippen LogP contribution is -2.55. The molecule has 5 rings (SSSR count). The van der Waals surface area contributed by atoms with Crippen LogP contribution in [0.5, 0.6) is 11.5 Å². The maximum Gasteiger partial charge on any atom is 0.326 e. The molecule has 53 heavy (non-hydrogen) atoms. The molecule has 0 aromatic heterocycles. The molecule has 0 radical (unpaired) electrons. The summed E-state index contributed by atoms with van der Waals surface area (Å²) in [4.78, 5) is 43.0. The minimum atomic E-state index is -4.14. The van der Waals surface area contributed by atoms with E-state index in [4.69, 9.17) is 42.5 Å². The third kappa shape index (κ3) is 9.25. The Morgan fingerprint density at radius 2 is 1.51 bits per heavy atom. The third-order valence-corrected chi connectivity index (χ3v) is 11.1. The summed E-state index contributed by atoms with van der Waals surface area (Å²) in [6.45, 7) is 8.94. The summed E-state index contributed by atoms with van der Waals surface area (Å²) in [5.41, 5.74) is 1.02. The van der Waals surface area contributed by atoms with Crippen LogP contribution in [0.1, 0.15) is 56.5 Å². The summed E-state index contributed by atoms with van der Waals surface area (Å²) in [6, 6.07) is 15.8. The molecular formula is C37H46Cl2N6O7S. The molecule has 2 unspecified atom stereocenters. The number of hydrogen-bond donors (Lipinski definition) is 1. The summed E-state index contributed by atoms with van der Waals surface area (Å²) in [5.74, 6) is 0.364. The number of likely N-dealkylation sites (N-methyl/N-ethyl adjacent to an activating group) is 1. The average Bonchev–Trinajstić information content (AvgIpc) is 3.51. The Hall–Kier alpha value is -3.92. The Morgan fingerprint density at radius 3 is 2.04 bits per heavy atom. The maximum atomic E-state index is 15.0. The number of rotatable bonds is 11. The smallest absolute Gasteiger partial charge is 0.326 e. The van der Waals surface area contributed by atoms with Crippen molar-refractivity contribution in [3.63, 3.8) is 0 Å². The number of hydrogen-bond acceptors (Lipinski definition) is 9. The fraction of sp³-hybridized carbons (Fsp3) is 0.432. The molecule has 2 aliphatic rings. The zero-order valence-corrected chi connectivity index (χ0v) is 33.3. The Labute approximate surface area is 321 Å². The topological polar surface area (TPSA) is 133 Å². The van der Waals surface area contributed by atoms with Gasteiger partial charge in [0, 0.05) is 54.9 Å². The van der Waals surface area contributed by atoms with Gasteiger partial charge in [0.2, 0.25) is 10.0 Å². The lowest BCUT2D eigenvalue weighted by molar-refractivity contribution is -0.170. The normalized spacial score (nSPS) is 18.2. The lowest BCUT2D eigenvalue weighted by atomic mass is 9.93.